The van der Waals surface area contributed by atoms with Crippen LogP contribution in [0.4, 0.5) is 0 Å². The molecular formula is C7H4BrNaO2S. The Bertz CT molecular complexity index is 295. The third-order valence-corrected chi connectivity index (χ3v) is 2.74. The molecule has 5 heteroatoms. The van der Waals surface area contributed by atoms with E-state index < -0.39 is 0 Å². The van der Waals surface area contributed by atoms with Crippen molar-refractivity contribution in [2.75, 3.05) is 0 Å². The zero-order chi connectivity index (χ0) is 8.27. The second-order valence-corrected chi connectivity index (χ2v) is 3.62. The zero-order valence-corrected chi connectivity index (χ0v) is 10.8. The van der Waals surface area contributed by atoms with Crippen LogP contribution >= 0.6 is 27.3 Å². The molecule has 0 fully saturated rings. The summed E-state index contributed by atoms with van der Waals surface area (Å²) in [4.78, 5) is 11.5. The average molecular weight is 255 g/mol. The molecule has 0 amide bonds. The molecule has 0 aliphatic rings. The van der Waals surface area contributed by atoms with Gasteiger partial charge < -0.3 is 5.11 Å². The molecule has 0 saturated heterocycles. The van der Waals surface area contributed by atoms with Gasteiger partial charge in [-0.15, -0.1) is 17.6 Å². The fourth-order valence-corrected chi connectivity index (χ4v) is 1.93. The Balaban J connectivity index is 0.00000121. The van der Waals surface area contributed by atoms with Crippen LogP contribution in [0.15, 0.2) is 28.3 Å². The van der Waals surface area contributed by atoms with Gasteiger partial charge in [0.05, 0.1) is 4.88 Å². The van der Waals surface area contributed by atoms with Crippen LogP contribution in [0.1, 0.15) is 9.67 Å². The fraction of sp³-hybridized carbons (Fsp3) is 0. The number of rotatable bonds is 2. The van der Waals surface area contributed by atoms with Crippen LogP contribution in [-0.2, 0) is 0 Å². The predicted octanol–water partition coefficient (Wildman–Crippen LogP) is -1.43. The van der Waals surface area contributed by atoms with Crippen LogP contribution in [0.5, 0.6) is 0 Å². The SMILES string of the molecule is O=C(/C=C/[O-])c1cc(Br)cs1.[Na+]. The van der Waals surface area contributed by atoms with Gasteiger partial charge in [-0.1, -0.05) is 0 Å². The first-order chi connectivity index (χ1) is 5.24. The summed E-state index contributed by atoms with van der Waals surface area (Å²) >= 11 is 4.52. The molecular weight excluding hydrogens is 251 g/mol. The van der Waals surface area contributed by atoms with Crippen molar-refractivity contribution in [3.05, 3.63) is 33.1 Å². The van der Waals surface area contributed by atoms with E-state index in [1.54, 1.807) is 11.4 Å². The van der Waals surface area contributed by atoms with Crippen molar-refractivity contribution in [2.45, 2.75) is 0 Å². The number of allylic oxidation sites excluding steroid dienone is 1. The molecule has 58 valence electrons. The summed E-state index contributed by atoms with van der Waals surface area (Å²) in [6.07, 6.45) is 1.51. The fourth-order valence-electron chi connectivity index (χ4n) is 0.586. The number of thiophene rings is 1. The van der Waals surface area contributed by atoms with Crippen LogP contribution in [-0.4, -0.2) is 5.78 Å². The summed E-state index contributed by atoms with van der Waals surface area (Å²) in [6, 6.07) is 1.69. The molecule has 0 aromatic carbocycles. The molecule has 12 heavy (non-hydrogen) atoms. The summed E-state index contributed by atoms with van der Waals surface area (Å²) in [7, 11) is 0. The van der Waals surface area contributed by atoms with E-state index >= 15 is 0 Å². The van der Waals surface area contributed by atoms with E-state index in [2.05, 4.69) is 15.9 Å². The van der Waals surface area contributed by atoms with E-state index in [-0.39, 0.29) is 35.3 Å². The summed E-state index contributed by atoms with van der Waals surface area (Å²) in [6.45, 7) is 0. The Kier molecular flexibility index (Phi) is 6.13. The van der Waals surface area contributed by atoms with Crippen LogP contribution in [0, 0.1) is 0 Å². The van der Waals surface area contributed by atoms with Gasteiger partial charge in [0, 0.05) is 9.85 Å². The monoisotopic (exact) mass is 254 g/mol. The maximum atomic E-state index is 11.0. The maximum absolute atomic E-state index is 11.0. The molecule has 1 heterocycles. The zero-order valence-electron chi connectivity index (χ0n) is 6.41. The number of hydrogen-bond donors (Lipinski definition) is 0. The second kappa shape index (κ2) is 5.94. The molecule has 0 saturated carbocycles. The molecule has 1 aromatic heterocycles. The Morgan fingerprint density at radius 1 is 1.67 bits per heavy atom. The van der Waals surface area contributed by atoms with Gasteiger partial charge in [-0.3, -0.25) is 4.79 Å². The second-order valence-electron chi connectivity index (χ2n) is 1.80. The number of hydrogen-bond acceptors (Lipinski definition) is 3. The first kappa shape index (κ1) is 12.4. The first-order valence-corrected chi connectivity index (χ1v) is 4.48. The normalized spacial score (nSPS) is 9.75. The minimum atomic E-state index is -0.240. The van der Waals surface area contributed by atoms with Gasteiger partial charge in [-0.25, -0.2) is 0 Å². The standard InChI is InChI=1S/C7H5BrO2S.Na/c8-5-3-7(11-4-5)6(10)1-2-9;/h1-4,9H;/q;+1/p-1/b2-1+;. The summed E-state index contributed by atoms with van der Waals surface area (Å²) < 4.78 is 0.866. The van der Waals surface area contributed by atoms with Crippen molar-refractivity contribution in [1.82, 2.24) is 0 Å². The first-order valence-electron chi connectivity index (χ1n) is 2.81. The minimum absolute atomic E-state index is 0. The van der Waals surface area contributed by atoms with Crippen LogP contribution in [0.25, 0.3) is 0 Å². The number of halogens is 1. The molecule has 0 bridgehead atoms. The largest absolute Gasteiger partial charge is 1.00 e. The molecule has 0 aliphatic heterocycles. The quantitative estimate of drug-likeness (QED) is 0.281. The van der Waals surface area contributed by atoms with Gasteiger partial charge in [0.2, 0.25) is 0 Å². The number of carbonyl (C=O) groups is 1. The van der Waals surface area contributed by atoms with E-state index in [0.717, 1.165) is 10.5 Å². The van der Waals surface area contributed by atoms with Crippen molar-refractivity contribution in [3.63, 3.8) is 0 Å². The molecule has 0 aliphatic carbocycles. The minimum Gasteiger partial charge on any atom is -0.878 e. The van der Waals surface area contributed by atoms with Crippen molar-refractivity contribution in [2.24, 2.45) is 0 Å². The van der Waals surface area contributed by atoms with E-state index in [4.69, 9.17) is 0 Å². The van der Waals surface area contributed by atoms with Crippen molar-refractivity contribution >= 4 is 33.0 Å². The third kappa shape index (κ3) is 3.41. The van der Waals surface area contributed by atoms with Gasteiger partial charge >= 0.3 is 29.6 Å². The number of ketones is 1. The molecule has 0 radical (unpaired) electrons. The number of carbonyl (C=O) groups excluding carboxylic acids is 1. The topological polar surface area (TPSA) is 40.1 Å². The van der Waals surface area contributed by atoms with E-state index in [0.29, 0.717) is 11.1 Å². The van der Waals surface area contributed by atoms with Gasteiger partial charge in [0.15, 0.2) is 5.78 Å². The van der Waals surface area contributed by atoms with Gasteiger partial charge in [0.1, 0.15) is 0 Å². The van der Waals surface area contributed by atoms with Gasteiger partial charge in [-0.2, -0.15) is 0 Å². The Morgan fingerprint density at radius 2 is 2.33 bits per heavy atom. The Labute approximate surface area is 105 Å². The smallest absolute Gasteiger partial charge is 0.878 e. The molecule has 0 unspecified atom stereocenters. The van der Waals surface area contributed by atoms with E-state index in [9.17, 15) is 9.90 Å². The summed E-state index contributed by atoms with van der Waals surface area (Å²) in [5.41, 5.74) is 0. The molecule has 1 rings (SSSR count). The predicted molar refractivity (Wildman–Crippen MR) is 45.5 cm³/mol. The maximum Gasteiger partial charge on any atom is 1.00 e. The van der Waals surface area contributed by atoms with Gasteiger partial charge in [-0.05, 0) is 28.1 Å². The van der Waals surface area contributed by atoms with Crippen molar-refractivity contribution in [3.8, 4) is 0 Å². The van der Waals surface area contributed by atoms with Crippen molar-refractivity contribution in [1.29, 1.82) is 0 Å². The Hall–Kier alpha value is 0.390. The summed E-state index contributed by atoms with van der Waals surface area (Å²) in [5.74, 6) is -0.240. The summed E-state index contributed by atoms with van der Waals surface area (Å²) in [5, 5.41) is 11.7. The van der Waals surface area contributed by atoms with Crippen LogP contribution < -0.4 is 34.7 Å². The van der Waals surface area contributed by atoms with E-state index in [1.165, 1.54) is 11.3 Å². The third-order valence-electron chi connectivity index (χ3n) is 1.03. The van der Waals surface area contributed by atoms with E-state index in [1.807, 2.05) is 0 Å². The molecule has 0 N–H and O–H groups in total. The van der Waals surface area contributed by atoms with Gasteiger partial charge in [0.25, 0.3) is 0 Å². The molecule has 0 atom stereocenters. The molecule has 0 spiro atoms. The average Bonchev–Trinajstić information content (AvgIpc) is 2.36. The van der Waals surface area contributed by atoms with Crippen molar-refractivity contribution < 1.29 is 39.5 Å². The Morgan fingerprint density at radius 3 is 2.75 bits per heavy atom. The molecule has 2 nitrogen and oxygen atoms in total. The van der Waals surface area contributed by atoms with Crippen LogP contribution in [0.3, 0.4) is 0 Å². The molecule has 1 aromatic rings. The van der Waals surface area contributed by atoms with Crippen LogP contribution in [0.2, 0.25) is 0 Å².